The fourth-order valence-electron chi connectivity index (χ4n) is 2.78. The Hall–Kier alpha value is -0.530. The molecule has 4 N–H and O–H groups in total. The predicted octanol–water partition coefficient (Wildman–Crippen LogP) is 2.35. The number of unbranched alkanes of at least 4 members (excludes halogenated alkanes) is 11. The number of hydrogen-bond acceptors (Lipinski definition) is 6. The van der Waals surface area contributed by atoms with E-state index in [1.54, 1.807) is 0 Å². The van der Waals surface area contributed by atoms with Gasteiger partial charge in [-0.3, -0.25) is 0 Å². The van der Waals surface area contributed by atoms with Crippen LogP contribution in [0.2, 0.25) is 0 Å². The van der Waals surface area contributed by atoms with Gasteiger partial charge in [-0.15, -0.1) is 0 Å². The fraction of sp³-hybridized carbons (Fsp3) is 0.950. The second kappa shape index (κ2) is 17.9. The lowest BCUT2D eigenvalue weighted by Gasteiger charge is -2.23. The van der Waals surface area contributed by atoms with Gasteiger partial charge in [-0.2, -0.15) is 0 Å². The summed E-state index contributed by atoms with van der Waals surface area (Å²) in [6, 6.07) is 0. The summed E-state index contributed by atoms with van der Waals surface area (Å²) in [5, 5.41) is 37.8. The normalized spacial score (nSPS) is 16.7. The van der Waals surface area contributed by atoms with Crippen LogP contribution in [0.1, 0.15) is 85.3 Å². The Balaban J connectivity index is 3.36. The molecular formula is C20H40O6. The highest BCUT2D eigenvalue weighted by Gasteiger charge is 2.30. The molecule has 0 saturated carbocycles. The number of aliphatic hydroxyl groups is 4. The molecule has 0 radical (unpaired) electrons. The largest absolute Gasteiger partial charge is 0.388 e. The maximum Gasteiger partial charge on any atom is 0.151 e. The first-order valence-corrected chi connectivity index (χ1v) is 10.1. The van der Waals surface area contributed by atoms with Crippen LogP contribution in [0.25, 0.3) is 0 Å². The van der Waals surface area contributed by atoms with Crippen LogP contribution in [0.3, 0.4) is 0 Å². The minimum absolute atomic E-state index is 0.114. The first-order chi connectivity index (χ1) is 13.0. The third-order valence-corrected chi connectivity index (χ3v) is 4.56. The molecule has 0 saturated heterocycles. The van der Waals surface area contributed by atoms with E-state index in [0.29, 0.717) is 13.5 Å². The van der Waals surface area contributed by atoms with Gasteiger partial charge in [0, 0.05) is 7.98 Å². The van der Waals surface area contributed by atoms with Crippen LogP contribution < -0.4 is 0 Å². The summed E-state index contributed by atoms with van der Waals surface area (Å²) < 4.78 is 12.4. The SMILES string of the molecule is [2H]CCCCCCCCCCCCCCOC[C@@H](O)[C@H](O)[C@H](O)[C@@H](O)C=O. The molecule has 4 atom stereocenters. The monoisotopic (exact) mass is 377 g/mol. The van der Waals surface area contributed by atoms with Crippen molar-refractivity contribution < 1.29 is 31.3 Å². The summed E-state index contributed by atoms with van der Waals surface area (Å²) in [6.07, 6.45) is 7.95. The molecule has 6 nitrogen and oxygen atoms in total. The minimum Gasteiger partial charge on any atom is -0.388 e. The first-order valence-electron chi connectivity index (χ1n) is 10.8. The van der Waals surface area contributed by atoms with E-state index in [-0.39, 0.29) is 12.9 Å². The number of aliphatic hydroxyl groups excluding tert-OH is 4. The highest BCUT2D eigenvalue weighted by molar-refractivity contribution is 5.56. The van der Waals surface area contributed by atoms with Gasteiger partial charge in [0.05, 0.1) is 6.61 Å². The third-order valence-electron chi connectivity index (χ3n) is 4.56. The Labute approximate surface area is 160 Å². The zero-order chi connectivity index (χ0) is 20.3. The molecule has 0 aliphatic rings. The molecule has 0 spiro atoms. The van der Waals surface area contributed by atoms with E-state index in [2.05, 4.69) is 0 Å². The maximum absolute atomic E-state index is 10.3. The summed E-state index contributed by atoms with van der Waals surface area (Å²) in [5.74, 6) is 0. The van der Waals surface area contributed by atoms with Gasteiger partial charge in [0.15, 0.2) is 6.29 Å². The molecule has 0 heterocycles. The number of carbonyl (C=O) groups is 1. The van der Waals surface area contributed by atoms with Gasteiger partial charge in [0.25, 0.3) is 0 Å². The lowest BCUT2D eigenvalue weighted by atomic mass is 10.0. The number of carbonyl (C=O) groups excluding carboxylic acids is 1. The van der Waals surface area contributed by atoms with Crippen molar-refractivity contribution in [3.63, 3.8) is 0 Å². The van der Waals surface area contributed by atoms with Gasteiger partial charge < -0.3 is 30.0 Å². The molecule has 0 fully saturated rings. The number of ether oxygens (including phenoxy) is 1. The summed E-state index contributed by atoms with van der Waals surface area (Å²) in [7, 11) is 0. The van der Waals surface area contributed by atoms with Gasteiger partial charge >= 0.3 is 0 Å². The zero-order valence-electron chi connectivity index (χ0n) is 17.1. The van der Waals surface area contributed by atoms with Crippen LogP contribution in [0.4, 0.5) is 0 Å². The topological polar surface area (TPSA) is 107 Å². The number of hydrogen-bond donors (Lipinski definition) is 4. The molecule has 6 heteroatoms. The second-order valence-corrected chi connectivity index (χ2v) is 6.99. The predicted molar refractivity (Wildman–Crippen MR) is 102 cm³/mol. The molecule has 0 aliphatic heterocycles. The van der Waals surface area contributed by atoms with Crippen molar-refractivity contribution in [2.45, 2.75) is 108 Å². The first kappa shape index (κ1) is 23.5. The van der Waals surface area contributed by atoms with E-state index < -0.39 is 24.4 Å². The average molecular weight is 378 g/mol. The maximum atomic E-state index is 10.3. The highest BCUT2D eigenvalue weighted by atomic mass is 16.5. The third kappa shape index (κ3) is 13.6. The van der Waals surface area contributed by atoms with Gasteiger partial charge in [-0.25, -0.2) is 0 Å². The van der Waals surface area contributed by atoms with Crippen molar-refractivity contribution in [2.75, 3.05) is 13.2 Å². The Bertz CT molecular complexity index is 332. The van der Waals surface area contributed by atoms with Crippen LogP contribution in [-0.2, 0) is 9.53 Å². The van der Waals surface area contributed by atoms with Crippen LogP contribution in [0, 0.1) is 0 Å². The molecule has 0 aromatic carbocycles. The molecule has 0 aromatic rings. The van der Waals surface area contributed by atoms with E-state index >= 15 is 0 Å². The molecule has 156 valence electrons. The van der Waals surface area contributed by atoms with Gasteiger partial charge in [0.2, 0.25) is 0 Å². The Morgan fingerprint density at radius 1 is 0.808 bits per heavy atom. The van der Waals surface area contributed by atoms with E-state index in [9.17, 15) is 20.1 Å². The fourth-order valence-corrected chi connectivity index (χ4v) is 2.78. The van der Waals surface area contributed by atoms with E-state index in [4.69, 9.17) is 11.2 Å². The van der Waals surface area contributed by atoms with E-state index in [1.165, 1.54) is 51.4 Å². The average Bonchev–Trinajstić information content (AvgIpc) is 2.68. The number of rotatable bonds is 19. The molecule has 0 rings (SSSR count). The lowest BCUT2D eigenvalue weighted by molar-refractivity contribution is -0.138. The van der Waals surface area contributed by atoms with Gasteiger partial charge in [0.1, 0.15) is 24.4 Å². The smallest absolute Gasteiger partial charge is 0.151 e. The van der Waals surface area contributed by atoms with E-state index in [0.717, 1.165) is 25.7 Å². The van der Waals surface area contributed by atoms with Crippen molar-refractivity contribution >= 4 is 6.29 Å². The molecular weight excluding hydrogens is 336 g/mol. The second-order valence-electron chi connectivity index (χ2n) is 6.99. The van der Waals surface area contributed by atoms with Crippen molar-refractivity contribution in [2.24, 2.45) is 0 Å². The van der Waals surface area contributed by atoms with Crippen LogP contribution in [0.15, 0.2) is 0 Å². The Kier molecular flexibility index (Phi) is 16.2. The molecule has 0 amide bonds. The van der Waals surface area contributed by atoms with Crippen molar-refractivity contribution in [1.82, 2.24) is 0 Å². The van der Waals surface area contributed by atoms with Crippen molar-refractivity contribution in [3.05, 3.63) is 0 Å². The minimum atomic E-state index is -1.72. The Morgan fingerprint density at radius 3 is 1.81 bits per heavy atom. The molecule has 0 aliphatic carbocycles. The molecule has 0 unspecified atom stereocenters. The molecule has 0 bridgehead atoms. The summed E-state index contributed by atoms with van der Waals surface area (Å²) >= 11 is 0. The summed E-state index contributed by atoms with van der Waals surface area (Å²) in [6.45, 7) is 0.877. The molecule has 26 heavy (non-hydrogen) atoms. The quantitative estimate of drug-likeness (QED) is 0.203. The van der Waals surface area contributed by atoms with E-state index in [1.807, 2.05) is 0 Å². The number of aldehydes is 1. The van der Waals surface area contributed by atoms with Crippen LogP contribution >= 0.6 is 0 Å². The summed E-state index contributed by atoms with van der Waals surface area (Å²) in [5.41, 5.74) is 0. The molecule has 0 aromatic heterocycles. The van der Waals surface area contributed by atoms with Crippen LogP contribution in [0.5, 0.6) is 0 Å². The van der Waals surface area contributed by atoms with Crippen molar-refractivity contribution in [1.29, 1.82) is 0 Å². The van der Waals surface area contributed by atoms with Gasteiger partial charge in [-0.05, 0) is 6.42 Å². The zero-order valence-corrected chi connectivity index (χ0v) is 16.1. The van der Waals surface area contributed by atoms with Crippen molar-refractivity contribution in [3.8, 4) is 0 Å². The van der Waals surface area contributed by atoms with Crippen LogP contribution in [-0.4, -0.2) is 64.3 Å². The summed E-state index contributed by atoms with van der Waals surface area (Å²) in [4.78, 5) is 10.3. The standard InChI is InChI=1S/C20H40O6/c1-2-3-4-5-6-7-8-9-10-11-12-13-14-26-16-18(23)20(25)19(24)17(22)15-21/h15,17-20,22-25H,2-14,16H2,1H3/t17-,18+,19+,20-/m0/s1/i1D. The highest BCUT2D eigenvalue weighted by Crippen LogP contribution is 2.12. The lowest BCUT2D eigenvalue weighted by Crippen LogP contribution is -2.46. The van der Waals surface area contributed by atoms with Gasteiger partial charge in [-0.1, -0.05) is 77.5 Å². The Morgan fingerprint density at radius 2 is 1.31 bits per heavy atom.